The molecule has 0 bridgehead atoms. The maximum atomic E-state index is 13.8. The number of carbonyl (C=O) groups excluding carboxylic acids is 1. The van der Waals surface area contributed by atoms with Crippen LogP contribution in [0.3, 0.4) is 0 Å². The smallest absolute Gasteiger partial charge is 0.249 e. The Balaban J connectivity index is 1.63. The first kappa shape index (κ1) is 17.5. The van der Waals surface area contributed by atoms with Gasteiger partial charge in [0.25, 0.3) is 0 Å². The number of tetrazole rings is 1. The highest BCUT2D eigenvalue weighted by Gasteiger charge is 2.07. The summed E-state index contributed by atoms with van der Waals surface area (Å²) in [6.07, 6.45) is 2.07. The van der Waals surface area contributed by atoms with Crippen LogP contribution in [0.25, 0.3) is 0 Å². The summed E-state index contributed by atoms with van der Waals surface area (Å²) < 4.78 is 17.1. The van der Waals surface area contributed by atoms with Gasteiger partial charge in [-0.1, -0.05) is 30.0 Å². The van der Waals surface area contributed by atoms with Gasteiger partial charge in [-0.15, -0.1) is 16.4 Å². The number of aromatic nitrogens is 5. The predicted octanol–water partition coefficient (Wildman–Crippen LogP) is 1.87. The van der Waals surface area contributed by atoms with Crippen molar-refractivity contribution in [2.45, 2.75) is 18.1 Å². The van der Waals surface area contributed by atoms with E-state index in [0.29, 0.717) is 27.8 Å². The van der Waals surface area contributed by atoms with Crippen molar-refractivity contribution in [2.75, 3.05) is 5.75 Å². The van der Waals surface area contributed by atoms with E-state index in [9.17, 15) is 9.18 Å². The molecule has 0 aliphatic rings. The first-order valence-corrected chi connectivity index (χ1v) is 9.30. The summed E-state index contributed by atoms with van der Waals surface area (Å²) >= 11 is 2.74. The van der Waals surface area contributed by atoms with Crippen molar-refractivity contribution in [2.24, 2.45) is 12.0 Å². The number of thioether (sulfide) groups is 1. The zero-order chi connectivity index (χ0) is 17.6. The van der Waals surface area contributed by atoms with Gasteiger partial charge in [0.05, 0.1) is 6.54 Å². The van der Waals surface area contributed by atoms with E-state index in [2.05, 4.69) is 20.5 Å². The monoisotopic (exact) mass is 378 g/mol. The van der Waals surface area contributed by atoms with E-state index in [-0.39, 0.29) is 18.1 Å². The lowest BCUT2D eigenvalue weighted by Crippen LogP contribution is -2.17. The normalized spacial score (nSPS) is 11.8. The van der Waals surface area contributed by atoms with E-state index in [1.54, 1.807) is 40.7 Å². The molecule has 3 aromatic rings. The summed E-state index contributed by atoms with van der Waals surface area (Å²) in [5.41, 5.74) is 0.556. The van der Waals surface area contributed by atoms with Gasteiger partial charge in [-0.25, -0.2) is 9.07 Å². The van der Waals surface area contributed by atoms with Crippen molar-refractivity contribution in [3.8, 4) is 0 Å². The number of halogens is 1. The number of carbonyl (C=O) groups is 1. The van der Waals surface area contributed by atoms with Crippen LogP contribution in [0.1, 0.15) is 12.0 Å². The molecule has 0 spiro atoms. The summed E-state index contributed by atoms with van der Waals surface area (Å²) in [5.74, 6) is 0.0365. The van der Waals surface area contributed by atoms with Gasteiger partial charge in [-0.05, 0) is 16.5 Å². The van der Waals surface area contributed by atoms with Crippen LogP contribution in [0.15, 0.2) is 46.0 Å². The third kappa shape index (κ3) is 4.60. The first-order chi connectivity index (χ1) is 12.1. The van der Waals surface area contributed by atoms with Gasteiger partial charge >= 0.3 is 0 Å². The van der Waals surface area contributed by atoms with Crippen LogP contribution in [0, 0.1) is 5.82 Å². The Morgan fingerprint density at radius 1 is 1.40 bits per heavy atom. The Bertz CT molecular complexity index is 932. The summed E-state index contributed by atoms with van der Waals surface area (Å²) in [6.45, 7) is 0.335. The largest absolute Gasteiger partial charge is 0.319 e. The standard InChI is InChI=1S/C15H15FN6OS2/c1-21-15(18-19-20-21)24-8-6-13(23)17-14-22(7-9-25-14)10-11-4-2-3-5-12(11)16/h2-5,7,9H,6,8,10H2,1H3. The Kier molecular flexibility index (Phi) is 5.71. The average Bonchev–Trinajstić information content (AvgIpc) is 3.19. The van der Waals surface area contributed by atoms with Crippen molar-refractivity contribution in [3.63, 3.8) is 0 Å². The minimum absolute atomic E-state index is 0.229. The average molecular weight is 378 g/mol. The highest BCUT2D eigenvalue weighted by Crippen LogP contribution is 2.13. The van der Waals surface area contributed by atoms with Gasteiger partial charge < -0.3 is 4.57 Å². The molecule has 3 rings (SSSR count). The Morgan fingerprint density at radius 3 is 3.00 bits per heavy atom. The van der Waals surface area contributed by atoms with Crippen molar-refractivity contribution in [3.05, 3.63) is 52.0 Å². The molecule has 0 N–H and O–H groups in total. The lowest BCUT2D eigenvalue weighted by molar-refractivity contribution is -0.117. The molecule has 25 heavy (non-hydrogen) atoms. The Morgan fingerprint density at radius 2 is 2.24 bits per heavy atom. The topological polar surface area (TPSA) is 78.0 Å². The summed E-state index contributed by atoms with van der Waals surface area (Å²) in [4.78, 5) is 16.8. The molecule has 10 heteroatoms. The van der Waals surface area contributed by atoms with Crippen LogP contribution < -0.4 is 4.80 Å². The molecule has 0 aliphatic heterocycles. The van der Waals surface area contributed by atoms with Gasteiger partial charge in [0.2, 0.25) is 11.1 Å². The van der Waals surface area contributed by atoms with Gasteiger partial charge in [-0.2, -0.15) is 4.99 Å². The second kappa shape index (κ2) is 8.17. The van der Waals surface area contributed by atoms with E-state index >= 15 is 0 Å². The van der Waals surface area contributed by atoms with Crippen molar-refractivity contribution < 1.29 is 9.18 Å². The van der Waals surface area contributed by atoms with Gasteiger partial charge in [-0.3, -0.25) is 4.79 Å². The summed E-state index contributed by atoms with van der Waals surface area (Å²) in [7, 11) is 1.74. The fourth-order valence-corrected chi connectivity index (χ4v) is 3.57. The van der Waals surface area contributed by atoms with Crippen molar-refractivity contribution in [1.29, 1.82) is 0 Å². The zero-order valence-electron chi connectivity index (χ0n) is 13.4. The van der Waals surface area contributed by atoms with Crippen LogP contribution in [-0.2, 0) is 18.4 Å². The molecule has 0 fully saturated rings. The number of thiazole rings is 1. The third-order valence-corrected chi connectivity index (χ3v) is 5.11. The van der Waals surface area contributed by atoms with Gasteiger partial charge in [0.15, 0.2) is 4.80 Å². The molecule has 7 nitrogen and oxygen atoms in total. The van der Waals surface area contributed by atoms with Crippen LogP contribution in [0.5, 0.6) is 0 Å². The molecule has 0 saturated carbocycles. The quantitative estimate of drug-likeness (QED) is 0.612. The Hall–Kier alpha value is -2.33. The second-order valence-electron chi connectivity index (χ2n) is 5.09. The van der Waals surface area contributed by atoms with E-state index in [0.717, 1.165) is 0 Å². The number of hydrogen-bond donors (Lipinski definition) is 0. The minimum Gasteiger partial charge on any atom is -0.319 e. The second-order valence-corrected chi connectivity index (χ2v) is 7.03. The molecule has 0 aliphatic carbocycles. The third-order valence-electron chi connectivity index (χ3n) is 3.31. The molecule has 0 saturated heterocycles. The number of rotatable bonds is 6. The SMILES string of the molecule is Cn1nnnc1SCCC(=O)N=c1sccn1Cc1ccccc1F. The van der Waals surface area contributed by atoms with E-state index in [1.807, 2.05) is 5.38 Å². The molecule has 0 atom stereocenters. The fourth-order valence-electron chi connectivity index (χ4n) is 2.05. The van der Waals surface area contributed by atoms with Gasteiger partial charge in [0, 0.05) is 36.4 Å². The van der Waals surface area contributed by atoms with Gasteiger partial charge in [0.1, 0.15) is 5.82 Å². The lowest BCUT2D eigenvalue weighted by atomic mass is 10.2. The number of nitrogens with zero attached hydrogens (tertiary/aromatic N) is 6. The van der Waals surface area contributed by atoms with Crippen molar-refractivity contribution in [1.82, 2.24) is 24.8 Å². The number of aryl methyl sites for hydroxylation is 1. The lowest BCUT2D eigenvalue weighted by Gasteiger charge is -2.04. The van der Waals surface area contributed by atoms with Crippen LogP contribution in [0.2, 0.25) is 0 Å². The summed E-state index contributed by atoms with van der Waals surface area (Å²) in [6, 6.07) is 6.57. The zero-order valence-corrected chi connectivity index (χ0v) is 15.0. The van der Waals surface area contributed by atoms with Crippen LogP contribution in [-0.4, -0.2) is 36.4 Å². The van der Waals surface area contributed by atoms with E-state index in [1.165, 1.54) is 29.2 Å². The molecule has 0 radical (unpaired) electrons. The molecular formula is C15H15FN6OS2. The Labute approximate surface area is 151 Å². The maximum absolute atomic E-state index is 13.8. The highest BCUT2D eigenvalue weighted by molar-refractivity contribution is 7.99. The maximum Gasteiger partial charge on any atom is 0.249 e. The molecular weight excluding hydrogens is 363 g/mol. The van der Waals surface area contributed by atoms with Crippen LogP contribution in [0.4, 0.5) is 4.39 Å². The minimum atomic E-state index is -0.271. The number of benzene rings is 1. The van der Waals surface area contributed by atoms with E-state index in [4.69, 9.17) is 0 Å². The number of amides is 1. The predicted molar refractivity (Wildman–Crippen MR) is 92.5 cm³/mol. The van der Waals surface area contributed by atoms with Crippen molar-refractivity contribution >= 4 is 29.0 Å². The first-order valence-electron chi connectivity index (χ1n) is 7.43. The summed E-state index contributed by atoms with van der Waals surface area (Å²) in [5, 5.41) is 13.6. The fraction of sp³-hybridized carbons (Fsp3) is 0.267. The number of hydrogen-bond acceptors (Lipinski definition) is 6. The molecule has 1 aromatic carbocycles. The molecule has 0 unspecified atom stereocenters. The molecule has 1 amide bonds. The molecule has 2 heterocycles. The highest BCUT2D eigenvalue weighted by atomic mass is 32.2. The van der Waals surface area contributed by atoms with Crippen LogP contribution >= 0.6 is 23.1 Å². The molecule has 130 valence electrons. The van der Waals surface area contributed by atoms with E-state index < -0.39 is 0 Å². The molecule has 2 aromatic heterocycles.